The van der Waals surface area contributed by atoms with Crippen LogP contribution in [0.5, 0.6) is 0 Å². The van der Waals surface area contributed by atoms with Crippen LogP contribution in [-0.2, 0) is 6.54 Å². The standard InChI is InChI=1S/C9H13ClN2OS/c1-2-12-6-5-11-8(9(12)13)14-7-3-4-10/h5-6H,2-4,7H2,1H3. The predicted molar refractivity (Wildman–Crippen MR) is 60.2 cm³/mol. The summed E-state index contributed by atoms with van der Waals surface area (Å²) in [6, 6.07) is 0. The molecule has 5 heteroatoms. The first kappa shape index (κ1) is 11.6. The second-order valence-corrected chi connectivity index (χ2v) is 4.18. The number of thioether (sulfide) groups is 1. The van der Waals surface area contributed by atoms with Crippen LogP contribution in [-0.4, -0.2) is 21.2 Å². The Morgan fingerprint density at radius 3 is 3.07 bits per heavy atom. The van der Waals surface area contributed by atoms with Crippen LogP contribution in [0.3, 0.4) is 0 Å². The largest absolute Gasteiger partial charge is 0.312 e. The second kappa shape index (κ2) is 6.09. The van der Waals surface area contributed by atoms with Gasteiger partial charge in [0.2, 0.25) is 0 Å². The number of hydrogen-bond acceptors (Lipinski definition) is 3. The van der Waals surface area contributed by atoms with Gasteiger partial charge in [0, 0.05) is 30.6 Å². The van der Waals surface area contributed by atoms with Crippen molar-refractivity contribution in [3.63, 3.8) is 0 Å². The minimum atomic E-state index is -0.00503. The van der Waals surface area contributed by atoms with E-state index in [9.17, 15) is 4.79 Å². The molecule has 0 atom stereocenters. The molecule has 1 aromatic heterocycles. The van der Waals surface area contributed by atoms with Crippen LogP contribution in [0.1, 0.15) is 13.3 Å². The Morgan fingerprint density at radius 2 is 2.43 bits per heavy atom. The Labute approximate surface area is 92.5 Å². The number of alkyl halides is 1. The Morgan fingerprint density at radius 1 is 1.64 bits per heavy atom. The van der Waals surface area contributed by atoms with Crippen molar-refractivity contribution in [3.8, 4) is 0 Å². The van der Waals surface area contributed by atoms with E-state index >= 15 is 0 Å². The molecule has 1 aromatic rings. The van der Waals surface area contributed by atoms with Crippen molar-refractivity contribution in [3.05, 3.63) is 22.7 Å². The highest BCUT2D eigenvalue weighted by Gasteiger charge is 2.03. The van der Waals surface area contributed by atoms with E-state index in [0.717, 1.165) is 12.2 Å². The number of nitrogens with zero attached hydrogens (tertiary/aromatic N) is 2. The maximum atomic E-state index is 11.6. The fourth-order valence-corrected chi connectivity index (χ4v) is 2.15. The van der Waals surface area contributed by atoms with Gasteiger partial charge in [-0.3, -0.25) is 4.79 Å². The molecule has 0 N–H and O–H groups in total. The highest BCUT2D eigenvalue weighted by atomic mass is 35.5. The number of aromatic nitrogens is 2. The molecule has 0 saturated heterocycles. The van der Waals surface area contributed by atoms with E-state index < -0.39 is 0 Å². The van der Waals surface area contributed by atoms with Crippen molar-refractivity contribution in [1.29, 1.82) is 0 Å². The van der Waals surface area contributed by atoms with Crippen molar-refractivity contribution in [2.45, 2.75) is 24.9 Å². The summed E-state index contributed by atoms with van der Waals surface area (Å²) in [5.41, 5.74) is -0.00503. The third-order valence-corrected chi connectivity index (χ3v) is 3.05. The van der Waals surface area contributed by atoms with Crippen LogP contribution in [0.25, 0.3) is 0 Å². The van der Waals surface area contributed by atoms with E-state index in [4.69, 9.17) is 11.6 Å². The lowest BCUT2D eigenvalue weighted by Gasteiger charge is -2.03. The summed E-state index contributed by atoms with van der Waals surface area (Å²) in [6.45, 7) is 2.62. The number of aryl methyl sites for hydroxylation is 1. The van der Waals surface area contributed by atoms with E-state index in [1.165, 1.54) is 11.8 Å². The number of hydrogen-bond donors (Lipinski definition) is 0. The molecule has 0 spiro atoms. The van der Waals surface area contributed by atoms with Crippen LogP contribution in [0.2, 0.25) is 0 Å². The summed E-state index contributed by atoms with van der Waals surface area (Å²) in [5.74, 6) is 1.47. The van der Waals surface area contributed by atoms with Gasteiger partial charge < -0.3 is 4.57 Å². The molecule has 0 aliphatic carbocycles. The molecule has 3 nitrogen and oxygen atoms in total. The van der Waals surface area contributed by atoms with Gasteiger partial charge in [-0.15, -0.1) is 23.4 Å². The molecule has 0 radical (unpaired) electrons. The van der Waals surface area contributed by atoms with Crippen molar-refractivity contribution < 1.29 is 0 Å². The van der Waals surface area contributed by atoms with Gasteiger partial charge in [-0.05, 0) is 13.3 Å². The van der Waals surface area contributed by atoms with Gasteiger partial charge in [0.05, 0.1) is 0 Å². The molecule has 0 fully saturated rings. The lowest BCUT2D eigenvalue weighted by molar-refractivity contribution is 0.692. The fourth-order valence-electron chi connectivity index (χ4n) is 0.999. The Balaban J connectivity index is 2.72. The summed E-state index contributed by atoms with van der Waals surface area (Å²) in [6.07, 6.45) is 4.26. The zero-order chi connectivity index (χ0) is 10.4. The summed E-state index contributed by atoms with van der Waals surface area (Å²) in [4.78, 5) is 15.7. The van der Waals surface area contributed by atoms with Gasteiger partial charge in [-0.25, -0.2) is 4.98 Å². The maximum Gasteiger partial charge on any atom is 0.283 e. The zero-order valence-corrected chi connectivity index (χ0v) is 9.64. The molecule has 0 amide bonds. The van der Waals surface area contributed by atoms with Crippen molar-refractivity contribution in [2.24, 2.45) is 0 Å². The molecular formula is C9H13ClN2OS. The first-order chi connectivity index (χ1) is 6.79. The second-order valence-electron chi connectivity index (χ2n) is 2.71. The summed E-state index contributed by atoms with van der Waals surface area (Å²) < 4.78 is 1.65. The Hall–Kier alpha value is -0.480. The van der Waals surface area contributed by atoms with Crippen LogP contribution in [0, 0.1) is 0 Å². The molecule has 14 heavy (non-hydrogen) atoms. The molecule has 0 saturated carbocycles. The average Bonchev–Trinajstić information content (AvgIpc) is 2.21. The molecule has 0 aliphatic rings. The zero-order valence-electron chi connectivity index (χ0n) is 8.07. The van der Waals surface area contributed by atoms with Gasteiger partial charge in [0.15, 0.2) is 5.03 Å². The van der Waals surface area contributed by atoms with Crippen molar-refractivity contribution in [1.82, 2.24) is 9.55 Å². The minimum absolute atomic E-state index is 0.00503. The SMILES string of the molecule is CCn1ccnc(SCCCCl)c1=O. The third-order valence-electron chi connectivity index (χ3n) is 1.74. The molecule has 0 aliphatic heterocycles. The number of rotatable bonds is 5. The van der Waals surface area contributed by atoms with Gasteiger partial charge in [0.1, 0.15) is 0 Å². The van der Waals surface area contributed by atoms with E-state index in [0.29, 0.717) is 17.5 Å². The molecule has 0 aromatic carbocycles. The lowest BCUT2D eigenvalue weighted by atomic mass is 10.6. The van der Waals surface area contributed by atoms with Gasteiger partial charge >= 0.3 is 0 Å². The van der Waals surface area contributed by atoms with E-state index in [2.05, 4.69) is 4.98 Å². The maximum absolute atomic E-state index is 11.6. The average molecular weight is 233 g/mol. The number of halogens is 1. The normalized spacial score (nSPS) is 10.4. The monoisotopic (exact) mass is 232 g/mol. The van der Waals surface area contributed by atoms with Crippen LogP contribution in [0.4, 0.5) is 0 Å². The molecule has 78 valence electrons. The first-order valence-electron chi connectivity index (χ1n) is 4.53. The van der Waals surface area contributed by atoms with Gasteiger partial charge in [0.25, 0.3) is 5.56 Å². The topological polar surface area (TPSA) is 34.9 Å². The third kappa shape index (κ3) is 3.03. The highest BCUT2D eigenvalue weighted by Crippen LogP contribution is 2.11. The van der Waals surface area contributed by atoms with Gasteiger partial charge in [-0.1, -0.05) is 0 Å². The smallest absolute Gasteiger partial charge is 0.283 e. The lowest BCUT2D eigenvalue weighted by Crippen LogP contribution is -2.21. The summed E-state index contributed by atoms with van der Waals surface area (Å²) >= 11 is 7.02. The van der Waals surface area contributed by atoms with Crippen LogP contribution in [0.15, 0.2) is 22.2 Å². The fraction of sp³-hybridized carbons (Fsp3) is 0.556. The van der Waals surface area contributed by atoms with Crippen LogP contribution < -0.4 is 5.56 Å². The van der Waals surface area contributed by atoms with E-state index in [1.807, 2.05) is 6.92 Å². The predicted octanol–water partition coefficient (Wildman–Crippen LogP) is 1.98. The quantitative estimate of drug-likeness (QED) is 0.443. The molecule has 1 rings (SSSR count). The Kier molecular flexibility index (Phi) is 5.04. The molecule has 0 unspecified atom stereocenters. The Bertz CT molecular complexity index is 340. The molecule has 1 heterocycles. The van der Waals surface area contributed by atoms with Crippen LogP contribution >= 0.6 is 23.4 Å². The molecular weight excluding hydrogens is 220 g/mol. The van der Waals surface area contributed by atoms with Gasteiger partial charge in [-0.2, -0.15) is 0 Å². The van der Waals surface area contributed by atoms with Crippen molar-refractivity contribution >= 4 is 23.4 Å². The van der Waals surface area contributed by atoms with E-state index in [-0.39, 0.29) is 5.56 Å². The van der Waals surface area contributed by atoms with Crippen molar-refractivity contribution in [2.75, 3.05) is 11.6 Å². The summed E-state index contributed by atoms with van der Waals surface area (Å²) in [7, 11) is 0. The molecule has 0 bridgehead atoms. The summed E-state index contributed by atoms with van der Waals surface area (Å²) in [5, 5.41) is 0.569. The van der Waals surface area contributed by atoms with E-state index in [1.54, 1.807) is 17.0 Å². The highest BCUT2D eigenvalue weighted by molar-refractivity contribution is 7.99. The minimum Gasteiger partial charge on any atom is -0.312 e. The first-order valence-corrected chi connectivity index (χ1v) is 6.05.